The van der Waals surface area contributed by atoms with Gasteiger partial charge in [0.1, 0.15) is 0 Å². The van der Waals surface area contributed by atoms with Gasteiger partial charge in [-0.2, -0.15) is 0 Å². The molecule has 0 atom stereocenters. The molecule has 0 heterocycles. The standard InChI is InChI=1S/C14H30N2O/c1-12(2)8-6-5-7-9-14(17)16-11-10-15-13(3)4/h12-13,15H,5-11H2,1-4H3,(H,16,17). The van der Waals surface area contributed by atoms with Crippen LogP contribution in [0.25, 0.3) is 0 Å². The van der Waals surface area contributed by atoms with Gasteiger partial charge in [0.15, 0.2) is 0 Å². The Hall–Kier alpha value is -0.570. The molecular formula is C14H30N2O. The van der Waals surface area contributed by atoms with E-state index in [4.69, 9.17) is 0 Å². The summed E-state index contributed by atoms with van der Waals surface area (Å²) >= 11 is 0. The largest absolute Gasteiger partial charge is 0.355 e. The van der Waals surface area contributed by atoms with Crippen molar-refractivity contribution in [3.05, 3.63) is 0 Å². The fourth-order valence-electron chi connectivity index (χ4n) is 1.67. The number of hydrogen-bond donors (Lipinski definition) is 2. The van der Waals surface area contributed by atoms with Gasteiger partial charge in [-0.15, -0.1) is 0 Å². The van der Waals surface area contributed by atoms with Gasteiger partial charge < -0.3 is 10.6 Å². The van der Waals surface area contributed by atoms with Crippen LogP contribution in [-0.4, -0.2) is 25.0 Å². The predicted octanol–water partition coefficient (Wildman–Crippen LogP) is 2.71. The molecule has 0 aliphatic rings. The molecule has 0 aliphatic heterocycles. The second kappa shape index (κ2) is 10.6. The summed E-state index contributed by atoms with van der Waals surface area (Å²) in [6, 6.07) is 0.489. The second-order valence-corrected chi connectivity index (χ2v) is 5.45. The average Bonchev–Trinajstić information content (AvgIpc) is 2.23. The van der Waals surface area contributed by atoms with Crippen LogP contribution in [0.2, 0.25) is 0 Å². The molecule has 3 heteroatoms. The molecule has 3 nitrogen and oxygen atoms in total. The molecule has 0 saturated heterocycles. The first-order valence-corrected chi connectivity index (χ1v) is 7.02. The summed E-state index contributed by atoms with van der Waals surface area (Å²) in [5.74, 6) is 0.978. The van der Waals surface area contributed by atoms with E-state index in [9.17, 15) is 4.79 Å². The van der Waals surface area contributed by atoms with E-state index in [1.165, 1.54) is 19.3 Å². The van der Waals surface area contributed by atoms with Gasteiger partial charge in [-0.05, 0) is 12.3 Å². The first-order chi connectivity index (χ1) is 8.02. The Labute approximate surface area is 107 Å². The Morgan fingerprint density at radius 1 is 1.00 bits per heavy atom. The minimum Gasteiger partial charge on any atom is -0.355 e. The van der Waals surface area contributed by atoms with E-state index in [-0.39, 0.29) is 5.91 Å². The molecular weight excluding hydrogens is 212 g/mol. The van der Waals surface area contributed by atoms with Crippen molar-refractivity contribution in [2.24, 2.45) is 5.92 Å². The van der Waals surface area contributed by atoms with E-state index in [1.807, 2.05) is 0 Å². The van der Waals surface area contributed by atoms with Crippen molar-refractivity contribution in [1.82, 2.24) is 10.6 Å². The van der Waals surface area contributed by atoms with E-state index in [0.29, 0.717) is 12.5 Å². The number of carbonyl (C=O) groups excluding carboxylic acids is 1. The van der Waals surface area contributed by atoms with Crippen molar-refractivity contribution in [2.75, 3.05) is 13.1 Å². The topological polar surface area (TPSA) is 41.1 Å². The summed E-state index contributed by atoms with van der Waals surface area (Å²) in [6.07, 6.45) is 5.41. The van der Waals surface area contributed by atoms with Crippen LogP contribution in [0.3, 0.4) is 0 Å². The number of carbonyl (C=O) groups is 1. The number of hydrogen-bond acceptors (Lipinski definition) is 2. The highest BCUT2D eigenvalue weighted by Gasteiger charge is 2.01. The summed E-state index contributed by atoms with van der Waals surface area (Å²) in [5, 5.41) is 6.21. The number of amides is 1. The van der Waals surface area contributed by atoms with Crippen LogP contribution in [0.15, 0.2) is 0 Å². The van der Waals surface area contributed by atoms with Gasteiger partial charge in [0.25, 0.3) is 0 Å². The Morgan fingerprint density at radius 2 is 1.71 bits per heavy atom. The fourth-order valence-corrected chi connectivity index (χ4v) is 1.67. The Bertz CT molecular complexity index is 191. The highest BCUT2D eigenvalue weighted by molar-refractivity contribution is 5.75. The molecule has 0 aromatic carbocycles. The third-order valence-electron chi connectivity index (χ3n) is 2.69. The highest BCUT2D eigenvalue weighted by Crippen LogP contribution is 2.09. The van der Waals surface area contributed by atoms with Crippen LogP contribution < -0.4 is 10.6 Å². The van der Waals surface area contributed by atoms with Gasteiger partial charge in [-0.3, -0.25) is 4.79 Å². The van der Waals surface area contributed by atoms with Crippen LogP contribution in [0.5, 0.6) is 0 Å². The van der Waals surface area contributed by atoms with Crippen LogP contribution in [0.4, 0.5) is 0 Å². The van der Waals surface area contributed by atoms with Crippen molar-refractivity contribution in [3.63, 3.8) is 0 Å². The highest BCUT2D eigenvalue weighted by atomic mass is 16.1. The molecule has 17 heavy (non-hydrogen) atoms. The second-order valence-electron chi connectivity index (χ2n) is 5.45. The van der Waals surface area contributed by atoms with Crippen molar-refractivity contribution in [1.29, 1.82) is 0 Å². The lowest BCUT2D eigenvalue weighted by molar-refractivity contribution is -0.121. The molecule has 0 aliphatic carbocycles. The monoisotopic (exact) mass is 242 g/mol. The smallest absolute Gasteiger partial charge is 0.220 e. The number of unbranched alkanes of at least 4 members (excludes halogenated alkanes) is 2. The normalized spacial score (nSPS) is 11.2. The molecule has 0 radical (unpaired) electrons. The van der Waals surface area contributed by atoms with E-state index in [2.05, 4.69) is 38.3 Å². The molecule has 1 amide bonds. The third-order valence-corrected chi connectivity index (χ3v) is 2.69. The van der Waals surface area contributed by atoms with Crippen molar-refractivity contribution >= 4 is 5.91 Å². The lowest BCUT2D eigenvalue weighted by Gasteiger charge is -2.09. The molecule has 0 spiro atoms. The van der Waals surface area contributed by atoms with Crippen LogP contribution >= 0.6 is 0 Å². The summed E-state index contributed by atoms with van der Waals surface area (Å²) in [5.41, 5.74) is 0. The SMILES string of the molecule is CC(C)CCCCCC(=O)NCCNC(C)C. The first-order valence-electron chi connectivity index (χ1n) is 7.02. The molecule has 0 rings (SSSR count). The van der Waals surface area contributed by atoms with E-state index in [1.54, 1.807) is 0 Å². The van der Waals surface area contributed by atoms with Crippen molar-refractivity contribution in [2.45, 2.75) is 65.8 Å². The van der Waals surface area contributed by atoms with Crippen LogP contribution in [-0.2, 0) is 4.79 Å². The first kappa shape index (κ1) is 16.4. The summed E-state index contributed by atoms with van der Waals surface area (Å²) in [4.78, 5) is 11.4. The molecule has 0 unspecified atom stereocenters. The molecule has 0 bridgehead atoms. The minimum atomic E-state index is 0.195. The van der Waals surface area contributed by atoms with Gasteiger partial charge in [-0.1, -0.05) is 47.0 Å². The quantitative estimate of drug-likeness (QED) is 0.578. The summed E-state index contributed by atoms with van der Waals surface area (Å²) < 4.78 is 0. The van der Waals surface area contributed by atoms with Crippen LogP contribution in [0, 0.1) is 5.92 Å². The van der Waals surface area contributed by atoms with Crippen LogP contribution in [0.1, 0.15) is 59.8 Å². The van der Waals surface area contributed by atoms with Gasteiger partial charge in [0, 0.05) is 25.6 Å². The van der Waals surface area contributed by atoms with Gasteiger partial charge in [-0.25, -0.2) is 0 Å². The maximum absolute atomic E-state index is 11.4. The number of nitrogens with one attached hydrogen (secondary N) is 2. The van der Waals surface area contributed by atoms with Gasteiger partial charge >= 0.3 is 0 Å². The van der Waals surface area contributed by atoms with E-state index in [0.717, 1.165) is 25.4 Å². The molecule has 0 aromatic heterocycles. The molecule has 0 fully saturated rings. The Balaban J connectivity index is 3.23. The summed E-state index contributed by atoms with van der Waals surface area (Å²) in [7, 11) is 0. The zero-order valence-electron chi connectivity index (χ0n) is 12.0. The lowest BCUT2D eigenvalue weighted by atomic mass is 10.0. The zero-order valence-corrected chi connectivity index (χ0v) is 12.0. The molecule has 0 saturated carbocycles. The Morgan fingerprint density at radius 3 is 2.29 bits per heavy atom. The molecule has 0 aromatic rings. The summed E-state index contributed by atoms with van der Waals surface area (Å²) in [6.45, 7) is 10.3. The fraction of sp³-hybridized carbons (Fsp3) is 0.929. The maximum Gasteiger partial charge on any atom is 0.220 e. The van der Waals surface area contributed by atoms with E-state index >= 15 is 0 Å². The molecule has 102 valence electrons. The molecule has 2 N–H and O–H groups in total. The average molecular weight is 242 g/mol. The third kappa shape index (κ3) is 13.4. The lowest BCUT2D eigenvalue weighted by Crippen LogP contribution is -2.34. The number of rotatable bonds is 10. The maximum atomic E-state index is 11.4. The zero-order chi connectivity index (χ0) is 13.1. The van der Waals surface area contributed by atoms with E-state index < -0.39 is 0 Å². The predicted molar refractivity (Wildman–Crippen MR) is 74.1 cm³/mol. The minimum absolute atomic E-state index is 0.195. The Kier molecular flexibility index (Phi) is 10.2. The van der Waals surface area contributed by atoms with Gasteiger partial charge in [0.05, 0.1) is 0 Å². The van der Waals surface area contributed by atoms with Crippen molar-refractivity contribution < 1.29 is 4.79 Å². The van der Waals surface area contributed by atoms with Gasteiger partial charge in [0.2, 0.25) is 5.91 Å². The van der Waals surface area contributed by atoms with Crippen molar-refractivity contribution in [3.8, 4) is 0 Å².